The normalized spacial score (nSPS) is 11.5. The van der Waals surface area contributed by atoms with Crippen LogP contribution in [0.3, 0.4) is 0 Å². The standard InChI is InChI=1S/C16H16N2O4S2/c1-21-10-9-17-15-16(18-14(22-15)13-8-5-11-23-13)24(19,20)12-6-3-2-4-7-12/h2-8,11,17H,9-10H2,1H3. The fourth-order valence-electron chi connectivity index (χ4n) is 2.08. The Morgan fingerprint density at radius 1 is 1.21 bits per heavy atom. The summed E-state index contributed by atoms with van der Waals surface area (Å²) in [6.07, 6.45) is 0. The highest BCUT2D eigenvalue weighted by Crippen LogP contribution is 2.33. The van der Waals surface area contributed by atoms with Gasteiger partial charge in [-0.3, -0.25) is 0 Å². The minimum Gasteiger partial charge on any atom is -0.418 e. The van der Waals surface area contributed by atoms with Gasteiger partial charge in [-0.15, -0.1) is 11.3 Å². The summed E-state index contributed by atoms with van der Waals surface area (Å²) >= 11 is 1.43. The monoisotopic (exact) mass is 364 g/mol. The molecule has 8 heteroatoms. The Morgan fingerprint density at radius 3 is 2.67 bits per heavy atom. The number of sulfone groups is 1. The molecular weight excluding hydrogens is 348 g/mol. The van der Waals surface area contributed by atoms with Crippen LogP contribution in [-0.2, 0) is 14.6 Å². The Kier molecular flexibility index (Phi) is 4.98. The SMILES string of the molecule is COCCNc1oc(-c2cccs2)nc1S(=O)(=O)c1ccccc1. The zero-order chi connectivity index (χ0) is 17.0. The molecule has 1 aromatic carbocycles. The minimum absolute atomic E-state index is 0.117. The molecule has 0 spiro atoms. The molecule has 3 aromatic rings. The van der Waals surface area contributed by atoms with Crippen molar-refractivity contribution >= 4 is 27.1 Å². The number of benzene rings is 1. The lowest BCUT2D eigenvalue weighted by Crippen LogP contribution is -2.11. The highest BCUT2D eigenvalue weighted by molar-refractivity contribution is 7.91. The summed E-state index contributed by atoms with van der Waals surface area (Å²) in [6, 6.07) is 11.9. The van der Waals surface area contributed by atoms with Crippen LogP contribution in [0.4, 0.5) is 5.88 Å². The van der Waals surface area contributed by atoms with E-state index in [9.17, 15) is 8.42 Å². The number of nitrogens with one attached hydrogen (secondary N) is 1. The van der Waals surface area contributed by atoms with Crippen molar-refractivity contribution in [2.45, 2.75) is 9.92 Å². The average Bonchev–Trinajstić information content (AvgIpc) is 3.25. The van der Waals surface area contributed by atoms with E-state index in [0.717, 1.165) is 4.88 Å². The van der Waals surface area contributed by atoms with E-state index in [2.05, 4.69) is 10.3 Å². The summed E-state index contributed by atoms with van der Waals surface area (Å²) in [7, 11) is -2.21. The van der Waals surface area contributed by atoms with E-state index in [1.807, 2.05) is 17.5 Å². The summed E-state index contributed by atoms with van der Waals surface area (Å²) in [6.45, 7) is 0.826. The van der Waals surface area contributed by atoms with E-state index in [1.165, 1.54) is 23.5 Å². The van der Waals surface area contributed by atoms with Gasteiger partial charge in [0.2, 0.25) is 26.6 Å². The van der Waals surface area contributed by atoms with Crippen LogP contribution >= 0.6 is 11.3 Å². The number of thiophene rings is 1. The van der Waals surface area contributed by atoms with Gasteiger partial charge >= 0.3 is 0 Å². The predicted molar refractivity (Wildman–Crippen MR) is 92.1 cm³/mol. The Morgan fingerprint density at radius 2 is 2.00 bits per heavy atom. The molecule has 0 bridgehead atoms. The van der Waals surface area contributed by atoms with E-state index >= 15 is 0 Å². The average molecular weight is 364 g/mol. The number of nitrogens with zero attached hydrogens (tertiary/aromatic N) is 1. The Hall–Kier alpha value is -2.16. The molecule has 2 aromatic heterocycles. The number of aromatic nitrogens is 1. The zero-order valence-corrected chi connectivity index (χ0v) is 14.6. The fourth-order valence-corrected chi connectivity index (χ4v) is 4.03. The lowest BCUT2D eigenvalue weighted by atomic mass is 10.4. The molecule has 0 saturated carbocycles. The van der Waals surface area contributed by atoms with E-state index in [0.29, 0.717) is 13.2 Å². The van der Waals surface area contributed by atoms with E-state index in [1.54, 1.807) is 25.3 Å². The molecule has 0 radical (unpaired) electrons. The molecule has 1 N–H and O–H groups in total. The molecule has 0 saturated heterocycles. The smallest absolute Gasteiger partial charge is 0.240 e. The van der Waals surface area contributed by atoms with E-state index < -0.39 is 9.84 Å². The Bertz CT molecular complexity index is 888. The van der Waals surface area contributed by atoms with Gasteiger partial charge in [0.15, 0.2) is 0 Å². The van der Waals surface area contributed by atoms with Crippen molar-refractivity contribution in [1.29, 1.82) is 0 Å². The van der Waals surface area contributed by atoms with Gasteiger partial charge < -0.3 is 14.5 Å². The number of anilines is 1. The first-order chi connectivity index (χ1) is 11.6. The molecule has 0 unspecified atom stereocenters. The van der Waals surface area contributed by atoms with Gasteiger partial charge in [-0.1, -0.05) is 24.3 Å². The molecule has 0 aliphatic carbocycles. The maximum absolute atomic E-state index is 12.9. The van der Waals surface area contributed by atoms with Crippen molar-refractivity contribution < 1.29 is 17.6 Å². The van der Waals surface area contributed by atoms with Crippen LogP contribution in [0.5, 0.6) is 0 Å². The first-order valence-electron chi connectivity index (χ1n) is 7.20. The lowest BCUT2D eigenvalue weighted by Gasteiger charge is -2.05. The number of hydrogen-bond acceptors (Lipinski definition) is 7. The maximum Gasteiger partial charge on any atom is 0.240 e. The maximum atomic E-state index is 12.9. The molecule has 0 atom stereocenters. The zero-order valence-electron chi connectivity index (χ0n) is 12.9. The van der Waals surface area contributed by atoms with E-state index in [-0.39, 0.29) is 21.7 Å². The summed E-state index contributed by atoms with van der Waals surface area (Å²) < 4.78 is 36.4. The summed E-state index contributed by atoms with van der Waals surface area (Å²) in [5.41, 5.74) is 0. The number of ether oxygens (including phenoxy) is 1. The molecule has 3 rings (SSSR count). The van der Waals surface area contributed by atoms with Gasteiger partial charge in [-0.25, -0.2) is 8.42 Å². The van der Waals surface area contributed by atoms with Gasteiger partial charge in [0.1, 0.15) is 0 Å². The third-order valence-electron chi connectivity index (χ3n) is 3.23. The second-order valence-corrected chi connectivity index (χ2v) is 7.68. The van der Waals surface area contributed by atoms with Crippen LogP contribution in [0.1, 0.15) is 0 Å². The molecule has 0 fully saturated rings. The predicted octanol–water partition coefficient (Wildman–Crippen LogP) is 3.29. The number of hydrogen-bond donors (Lipinski definition) is 1. The van der Waals surface area contributed by atoms with E-state index in [4.69, 9.17) is 9.15 Å². The van der Waals surface area contributed by atoms with Crippen molar-refractivity contribution in [2.24, 2.45) is 0 Å². The number of rotatable bonds is 7. The van der Waals surface area contributed by atoms with Crippen LogP contribution in [0.15, 0.2) is 62.2 Å². The van der Waals surface area contributed by atoms with Gasteiger partial charge in [0, 0.05) is 13.7 Å². The summed E-state index contributed by atoms with van der Waals surface area (Å²) in [5, 5.41) is 4.70. The third-order valence-corrected chi connectivity index (χ3v) is 5.76. The lowest BCUT2D eigenvalue weighted by molar-refractivity contribution is 0.210. The largest absolute Gasteiger partial charge is 0.418 e. The molecule has 0 aliphatic rings. The van der Waals surface area contributed by atoms with Crippen molar-refractivity contribution in [1.82, 2.24) is 4.98 Å². The second kappa shape index (κ2) is 7.16. The first kappa shape index (κ1) is 16.7. The molecule has 0 aliphatic heterocycles. The van der Waals surface area contributed by atoms with Crippen LogP contribution < -0.4 is 5.32 Å². The van der Waals surface area contributed by atoms with Crippen molar-refractivity contribution in [3.05, 3.63) is 47.8 Å². The third kappa shape index (κ3) is 3.35. The van der Waals surface area contributed by atoms with Gasteiger partial charge in [-0.2, -0.15) is 4.98 Å². The Labute approximate surface area is 144 Å². The van der Waals surface area contributed by atoms with Crippen LogP contribution in [0, 0.1) is 0 Å². The molecule has 24 heavy (non-hydrogen) atoms. The minimum atomic E-state index is -3.78. The summed E-state index contributed by atoms with van der Waals surface area (Å²) in [5.74, 6) is 0.402. The van der Waals surface area contributed by atoms with Crippen LogP contribution in [-0.4, -0.2) is 33.7 Å². The van der Waals surface area contributed by atoms with Crippen molar-refractivity contribution in [3.63, 3.8) is 0 Å². The number of oxazole rings is 1. The highest BCUT2D eigenvalue weighted by Gasteiger charge is 2.28. The molecule has 126 valence electrons. The van der Waals surface area contributed by atoms with Gasteiger partial charge in [-0.05, 0) is 23.6 Å². The number of methoxy groups -OCH3 is 1. The molecule has 2 heterocycles. The van der Waals surface area contributed by atoms with Crippen LogP contribution in [0.25, 0.3) is 10.8 Å². The topological polar surface area (TPSA) is 81.4 Å². The second-order valence-electron chi connectivity index (χ2n) is 4.87. The molecular formula is C16H16N2O4S2. The quantitative estimate of drug-likeness (QED) is 0.648. The Balaban J connectivity index is 2.04. The molecule has 6 nitrogen and oxygen atoms in total. The molecule has 0 amide bonds. The first-order valence-corrected chi connectivity index (χ1v) is 9.57. The van der Waals surface area contributed by atoms with Gasteiger partial charge in [0.25, 0.3) is 0 Å². The van der Waals surface area contributed by atoms with Crippen molar-refractivity contribution in [2.75, 3.05) is 25.6 Å². The van der Waals surface area contributed by atoms with Crippen LogP contribution in [0.2, 0.25) is 0 Å². The van der Waals surface area contributed by atoms with Crippen molar-refractivity contribution in [3.8, 4) is 10.8 Å². The highest BCUT2D eigenvalue weighted by atomic mass is 32.2. The van der Waals surface area contributed by atoms with Gasteiger partial charge in [0.05, 0.1) is 16.4 Å². The summed E-state index contributed by atoms with van der Waals surface area (Å²) in [4.78, 5) is 5.17. The fraction of sp³-hybridized carbons (Fsp3) is 0.188.